The zero-order valence-corrected chi connectivity index (χ0v) is 20.4. The molecule has 0 bridgehead atoms. The van der Waals surface area contributed by atoms with E-state index in [4.69, 9.17) is 28.2 Å². The summed E-state index contributed by atoms with van der Waals surface area (Å²) in [5, 5.41) is 14.2. The van der Waals surface area contributed by atoms with Crippen LogP contribution in [0.5, 0.6) is 0 Å². The van der Waals surface area contributed by atoms with Crippen molar-refractivity contribution in [3.8, 4) is 16.3 Å². The standard InChI is InChI=1S/C22H21Cl2N5S2/c1-14(28(2)3)20-26-27-22(29(20)17-10-8-15(23)9-11-17)31-13-16-12-30-21(25-16)18-6-4-5-7-19(18)24/h4-12,14H,13H2,1-3H3. The highest BCUT2D eigenvalue weighted by atomic mass is 35.5. The summed E-state index contributed by atoms with van der Waals surface area (Å²) in [6.45, 7) is 2.11. The Bertz CT molecular complexity index is 1170. The fraction of sp³-hybridized carbons (Fsp3) is 0.227. The number of benzene rings is 2. The molecule has 4 aromatic rings. The number of hydrogen-bond donors (Lipinski definition) is 0. The minimum Gasteiger partial charge on any atom is -0.300 e. The molecule has 2 aromatic carbocycles. The molecule has 2 aromatic heterocycles. The molecule has 1 unspecified atom stereocenters. The molecule has 2 heterocycles. The number of halogens is 2. The van der Waals surface area contributed by atoms with Crippen molar-refractivity contribution in [2.75, 3.05) is 14.1 Å². The summed E-state index contributed by atoms with van der Waals surface area (Å²) >= 11 is 15.6. The summed E-state index contributed by atoms with van der Waals surface area (Å²) in [5.41, 5.74) is 2.92. The molecule has 0 amide bonds. The van der Waals surface area contributed by atoms with Crippen LogP contribution < -0.4 is 0 Å². The van der Waals surface area contributed by atoms with Gasteiger partial charge in [0, 0.05) is 27.4 Å². The summed E-state index contributed by atoms with van der Waals surface area (Å²) in [6.07, 6.45) is 0. The highest BCUT2D eigenvalue weighted by molar-refractivity contribution is 7.98. The molecule has 0 saturated heterocycles. The van der Waals surface area contributed by atoms with Gasteiger partial charge in [-0.2, -0.15) is 0 Å². The van der Waals surface area contributed by atoms with Gasteiger partial charge in [0.15, 0.2) is 11.0 Å². The van der Waals surface area contributed by atoms with Gasteiger partial charge in [-0.3, -0.25) is 9.47 Å². The van der Waals surface area contributed by atoms with Crippen molar-refractivity contribution in [2.45, 2.75) is 23.9 Å². The number of rotatable bonds is 7. The largest absolute Gasteiger partial charge is 0.300 e. The highest BCUT2D eigenvalue weighted by Gasteiger charge is 2.21. The molecule has 0 saturated carbocycles. The lowest BCUT2D eigenvalue weighted by Crippen LogP contribution is -2.20. The average molecular weight is 490 g/mol. The molecule has 0 aliphatic heterocycles. The van der Waals surface area contributed by atoms with E-state index in [2.05, 4.69) is 32.0 Å². The summed E-state index contributed by atoms with van der Waals surface area (Å²) in [4.78, 5) is 6.88. The average Bonchev–Trinajstić information content (AvgIpc) is 3.39. The second-order valence-corrected chi connectivity index (χ2v) is 9.85. The summed E-state index contributed by atoms with van der Waals surface area (Å²) in [7, 11) is 4.06. The van der Waals surface area contributed by atoms with E-state index in [0.29, 0.717) is 15.8 Å². The first kappa shape index (κ1) is 22.3. The van der Waals surface area contributed by atoms with Crippen LogP contribution >= 0.6 is 46.3 Å². The quantitative estimate of drug-likeness (QED) is 0.273. The minimum absolute atomic E-state index is 0.101. The Hall–Kier alpha value is -1.90. The van der Waals surface area contributed by atoms with Gasteiger partial charge in [-0.05, 0) is 51.4 Å². The van der Waals surface area contributed by atoms with Crippen LogP contribution in [-0.2, 0) is 5.75 Å². The Morgan fingerprint density at radius 1 is 1.06 bits per heavy atom. The molecule has 0 aliphatic carbocycles. The van der Waals surface area contributed by atoms with Gasteiger partial charge in [0.05, 0.1) is 16.8 Å². The van der Waals surface area contributed by atoms with Crippen molar-refractivity contribution in [3.63, 3.8) is 0 Å². The highest BCUT2D eigenvalue weighted by Crippen LogP contribution is 2.33. The molecule has 5 nitrogen and oxygen atoms in total. The Balaban J connectivity index is 1.60. The number of hydrogen-bond acceptors (Lipinski definition) is 6. The third kappa shape index (κ3) is 4.96. The van der Waals surface area contributed by atoms with Crippen molar-refractivity contribution in [1.82, 2.24) is 24.6 Å². The normalized spacial score (nSPS) is 12.5. The third-order valence-corrected chi connectivity index (χ3v) is 7.37. The SMILES string of the molecule is CC(c1nnc(SCc2csc(-c3ccccc3Cl)n2)n1-c1ccc(Cl)cc1)N(C)C. The molecule has 160 valence electrons. The van der Waals surface area contributed by atoms with Crippen LogP contribution in [-0.4, -0.2) is 38.7 Å². The van der Waals surface area contributed by atoms with E-state index in [0.717, 1.165) is 32.9 Å². The molecule has 0 radical (unpaired) electrons. The maximum Gasteiger partial charge on any atom is 0.196 e. The van der Waals surface area contributed by atoms with Crippen molar-refractivity contribution < 1.29 is 0 Å². The Morgan fingerprint density at radius 3 is 2.52 bits per heavy atom. The topological polar surface area (TPSA) is 46.8 Å². The second kappa shape index (κ2) is 9.71. The lowest BCUT2D eigenvalue weighted by molar-refractivity contribution is 0.305. The van der Waals surface area contributed by atoms with Crippen molar-refractivity contribution in [3.05, 3.63) is 75.5 Å². The predicted octanol–water partition coefficient (Wildman–Crippen LogP) is 6.61. The maximum atomic E-state index is 6.33. The van der Waals surface area contributed by atoms with Gasteiger partial charge in [0.25, 0.3) is 0 Å². The van der Waals surface area contributed by atoms with Crippen LogP contribution in [0.3, 0.4) is 0 Å². The smallest absolute Gasteiger partial charge is 0.196 e. The summed E-state index contributed by atoms with van der Waals surface area (Å²) < 4.78 is 2.09. The number of thioether (sulfide) groups is 1. The first-order chi connectivity index (χ1) is 14.9. The molecule has 0 fully saturated rings. The van der Waals surface area contributed by atoms with Gasteiger partial charge in [0.1, 0.15) is 5.01 Å². The van der Waals surface area contributed by atoms with Crippen LogP contribution in [0, 0.1) is 0 Å². The van der Waals surface area contributed by atoms with Crippen LogP contribution in [0.25, 0.3) is 16.3 Å². The molecule has 0 aliphatic rings. The van der Waals surface area contributed by atoms with E-state index in [-0.39, 0.29) is 6.04 Å². The Kier molecular flexibility index (Phi) is 6.99. The van der Waals surface area contributed by atoms with Gasteiger partial charge in [0.2, 0.25) is 0 Å². The lowest BCUT2D eigenvalue weighted by Gasteiger charge is -2.20. The maximum absolute atomic E-state index is 6.33. The number of aromatic nitrogens is 4. The molecule has 0 spiro atoms. The Labute approximate surface area is 200 Å². The zero-order chi connectivity index (χ0) is 22.0. The van der Waals surface area contributed by atoms with E-state index in [1.807, 2.05) is 62.6 Å². The Morgan fingerprint density at radius 2 is 1.81 bits per heavy atom. The lowest BCUT2D eigenvalue weighted by atomic mass is 10.2. The fourth-order valence-electron chi connectivity index (χ4n) is 2.98. The third-order valence-electron chi connectivity index (χ3n) is 4.90. The zero-order valence-electron chi connectivity index (χ0n) is 17.3. The fourth-order valence-corrected chi connectivity index (χ4v) is 5.20. The predicted molar refractivity (Wildman–Crippen MR) is 131 cm³/mol. The van der Waals surface area contributed by atoms with Crippen LogP contribution in [0.1, 0.15) is 24.5 Å². The van der Waals surface area contributed by atoms with E-state index >= 15 is 0 Å². The first-order valence-electron chi connectivity index (χ1n) is 9.64. The number of thiazole rings is 1. The number of nitrogens with zero attached hydrogens (tertiary/aromatic N) is 5. The van der Waals surface area contributed by atoms with Crippen molar-refractivity contribution >= 4 is 46.3 Å². The molecular formula is C22H21Cl2N5S2. The van der Waals surface area contributed by atoms with Gasteiger partial charge in [-0.25, -0.2) is 4.98 Å². The van der Waals surface area contributed by atoms with Gasteiger partial charge in [-0.15, -0.1) is 21.5 Å². The van der Waals surface area contributed by atoms with Crippen LogP contribution in [0.2, 0.25) is 10.0 Å². The van der Waals surface area contributed by atoms with Crippen LogP contribution in [0.4, 0.5) is 0 Å². The second-order valence-electron chi connectivity index (χ2n) is 7.20. The molecule has 4 rings (SSSR count). The van der Waals surface area contributed by atoms with Gasteiger partial charge in [-0.1, -0.05) is 53.2 Å². The monoisotopic (exact) mass is 489 g/mol. The van der Waals surface area contributed by atoms with Gasteiger partial charge < -0.3 is 0 Å². The van der Waals surface area contributed by atoms with E-state index in [1.165, 1.54) is 0 Å². The molecule has 1 atom stereocenters. The summed E-state index contributed by atoms with van der Waals surface area (Å²) in [5.74, 6) is 1.56. The summed E-state index contributed by atoms with van der Waals surface area (Å²) in [6, 6.07) is 15.6. The molecule has 9 heteroatoms. The van der Waals surface area contributed by atoms with E-state index < -0.39 is 0 Å². The van der Waals surface area contributed by atoms with E-state index in [9.17, 15) is 0 Å². The molecule has 0 N–H and O–H groups in total. The van der Waals surface area contributed by atoms with Crippen molar-refractivity contribution in [2.24, 2.45) is 0 Å². The van der Waals surface area contributed by atoms with Gasteiger partial charge >= 0.3 is 0 Å². The van der Waals surface area contributed by atoms with E-state index in [1.54, 1.807) is 23.1 Å². The minimum atomic E-state index is 0.101. The van der Waals surface area contributed by atoms with Crippen LogP contribution in [0.15, 0.2) is 59.1 Å². The van der Waals surface area contributed by atoms with Crippen molar-refractivity contribution in [1.29, 1.82) is 0 Å². The molecular weight excluding hydrogens is 469 g/mol. The molecule has 31 heavy (non-hydrogen) atoms. The first-order valence-corrected chi connectivity index (χ1v) is 12.3.